The maximum absolute atomic E-state index is 12.6. The Bertz CT molecular complexity index is 839. The molecular weight excluding hydrogens is 350 g/mol. The third-order valence-corrected chi connectivity index (χ3v) is 3.84. The van der Waals surface area contributed by atoms with Crippen LogP contribution in [0.3, 0.4) is 0 Å². The number of ether oxygens (including phenoxy) is 1. The fourth-order valence-corrected chi connectivity index (χ4v) is 2.61. The normalized spacial score (nSPS) is 13.6. The molecule has 2 aromatic rings. The molecule has 138 valence electrons. The second-order valence-electron chi connectivity index (χ2n) is 5.60. The lowest BCUT2D eigenvalue weighted by Crippen LogP contribution is -2.43. The summed E-state index contributed by atoms with van der Waals surface area (Å²) in [5, 5.41) is 9.74. The molecule has 8 nitrogen and oxygen atoms in total. The first-order chi connectivity index (χ1) is 12.4. The SMILES string of the molecule is CCOC(=O)CN(C)N1Cc2ccc(-c3nnc(C(F)F)o3)cc2C1=O. The number of halogens is 2. The van der Waals surface area contributed by atoms with Gasteiger partial charge in [0.05, 0.1) is 13.2 Å². The Morgan fingerprint density at radius 1 is 1.42 bits per heavy atom. The Hall–Kier alpha value is -2.88. The number of fused-ring (bicyclic) bond motifs is 1. The summed E-state index contributed by atoms with van der Waals surface area (Å²) < 4.78 is 34.9. The van der Waals surface area contributed by atoms with Gasteiger partial charge in [0.15, 0.2) is 0 Å². The third-order valence-electron chi connectivity index (χ3n) is 3.84. The highest BCUT2D eigenvalue weighted by molar-refractivity contribution is 5.99. The maximum Gasteiger partial charge on any atom is 0.322 e. The third kappa shape index (κ3) is 3.40. The molecule has 10 heteroatoms. The second-order valence-corrected chi connectivity index (χ2v) is 5.60. The summed E-state index contributed by atoms with van der Waals surface area (Å²) >= 11 is 0. The number of likely N-dealkylation sites (N-methyl/N-ethyl adjacent to an activating group) is 1. The minimum Gasteiger partial charge on any atom is -0.465 e. The van der Waals surface area contributed by atoms with Crippen molar-refractivity contribution >= 4 is 11.9 Å². The molecule has 2 heterocycles. The van der Waals surface area contributed by atoms with E-state index < -0.39 is 18.3 Å². The van der Waals surface area contributed by atoms with Gasteiger partial charge in [0.2, 0.25) is 5.89 Å². The first kappa shape index (κ1) is 17.9. The van der Waals surface area contributed by atoms with Gasteiger partial charge in [0.1, 0.15) is 6.54 Å². The Morgan fingerprint density at radius 3 is 2.85 bits per heavy atom. The molecule has 1 aromatic carbocycles. The zero-order valence-electron chi connectivity index (χ0n) is 14.1. The van der Waals surface area contributed by atoms with E-state index >= 15 is 0 Å². The van der Waals surface area contributed by atoms with E-state index in [0.29, 0.717) is 11.1 Å². The van der Waals surface area contributed by atoms with E-state index in [9.17, 15) is 18.4 Å². The van der Waals surface area contributed by atoms with E-state index in [0.717, 1.165) is 5.56 Å². The first-order valence-electron chi connectivity index (χ1n) is 7.84. The molecule has 0 spiro atoms. The van der Waals surface area contributed by atoms with Gasteiger partial charge in [-0.2, -0.15) is 8.78 Å². The number of esters is 1. The number of carbonyl (C=O) groups is 2. The van der Waals surface area contributed by atoms with Crippen molar-refractivity contribution in [1.29, 1.82) is 0 Å². The smallest absolute Gasteiger partial charge is 0.322 e. The molecule has 1 aliphatic heterocycles. The molecule has 3 rings (SSSR count). The van der Waals surface area contributed by atoms with Crippen LogP contribution >= 0.6 is 0 Å². The van der Waals surface area contributed by atoms with Crippen molar-refractivity contribution in [3.05, 3.63) is 35.2 Å². The summed E-state index contributed by atoms with van der Waals surface area (Å²) in [5.41, 5.74) is 1.49. The number of rotatable bonds is 6. The van der Waals surface area contributed by atoms with Gasteiger partial charge >= 0.3 is 12.4 Å². The van der Waals surface area contributed by atoms with Crippen molar-refractivity contribution < 1.29 is 27.5 Å². The van der Waals surface area contributed by atoms with Crippen molar-refractivity contribution in [2.45, 2.75) is 19.9 Å². The van der Waals surface area contributed by atoms with Crippen LogP contribution < -0.4 is 0 Å². The van der Waals surface area contributed by atoms with Gasteiger partial charge < -0.3 is 9.15 Å². The van der Waals surface area contributed by atoms with Crippen LogP contribution in [-0.4, -0.2) is 52.3 Å². The lowest BCUT2D eigenvalue weighted by Gasteiger charge is -2.26. The van der Waals surface area contributed by atoms with Crippen LogP contribution in [-0.2, 0) is 16.1 Å². The highest BCUT2D eigenvalue weighted by Crippen LogP contribution is 2.29. The Kier molecular flexibility index (Phi) is 4.94. The Labute approximate surface area is 147 Å². The van der Waals surface area contributed by atoms with Gasteiger partial charge in [0.25, 0.3) is 11.8 Å². The van der Waals surface area contributed by atoms with Crippen molar-refractivity contribution in [2.24, 2.45) is 0 Å². The molecule has 0 unspecified atom stereocenters. The lowest BCUT2D eigenvalue weighted by atomic mass is 10.1. The quantitative estimate of drug-likeness (QED) is 0.723. The van der Waals surface area contributed by atoms with Crippen LogP contribution in [0.25, 0.3) is 11.5 Å². The average Bonchev–Trinajstić information content (AvgIpc) is 3.20. The second kappa shape index (κ2) is 7.16. The van der Waals surface area contributed by atoms with Crippen molar-refractivity contribution in [2.75, 3.05) is 20.2 Å². The monoisotopic (exact) mass is 366 g/mol. The largest absolute Gasteiger partial charge is 0.465 e. The van der Waals surface area contributed by atoms with Gasteiger partial charge in [0, 0.05) is 18.2 Å². The first-order valence-corrected chi connectivity index (χ1v) is 7.84. The molecule has 1 amide bonds. The fourth-order valence-electron chi connectivity index (χ4n) is 2.61. The molecule has 0 bridgehead atoms. The predicted molar refractivity (Wildman–Crippen MR) is 83.8 cm³/mol. The van der Waals surface area contributed by atoms with E-state index in [1.807, 2.05) is 0 Å². The van der Waals surface area contributed by atoms with Gasteiger partial charge in [-0.05, 0) is 24.6 Å². The summed E-state index contributed by atoms with van der Waals surface area (Å²) in [4.78, 5) is 24.2. The molecular formula is C16H16F2N4O4. The van der Waals surface area contributed by atoms with Crippen LogP contribution in [0.1, 0.15) is 35.2 Å². The van der Waals surface area contributed by atoms with Crippen molar-refractivity contribution in [3.8, 4) is 11.5 Å². The number of benzene rings is 1. The number of aromatic nitrogens is 2. The minimum absolute atomic E-state index is 0.0676. The summed E-state index contributed by atoms with van der Waals surface area (Å²) in [5.74, 6) is -1.62. The molecule has 0 saturated heterocycles. The number of carbonyl (C=O) groups excluding carboxylic acids is 2. The summed E-state index contributed by atoms with van der Waals surface area (Å²) in [6.45, 7) is 2.18. The summed E-state index contributed by atoms with van der Waals surface area (Å²) in [6.07, 6.45) is -2.86. The van der Waals surface area contributed by atoms with Gasteiger partial charge in [-0.25, -0.2) is 5.01 Å². The molecule has 0 N–H and O–H groups in total. The number of nitrogens with zero attached hydrogens (tertiary/aromatic N) is 4. The molecule has 0 saturated carbocycles. The van der Waals surface area contributed by atoms with E-state index in [-0.39, 0.29) is 31.5 Å². The zero-order chi connectivity index (χ0) is 18.8. The minimum atomic E-state index is -2.86. The number of amides is 1. The van der Waals surface area contributed by atoms with E-state index in [1.54, 1.807) is 26.1 Å². The van der Waals surface area contributed by atoms with Gasteiger partial charge in [-0.3, -0.25) is 14.6 Å². The van der Waals surface area contributed by atoms with E-state index in [2.05, 4.69) is 10.2 Å². The molecule has 0 atom stereocenters. The summed E-state index contributed by atoms with van der Waals surface area (Å²) in [7, 11) is 1.61. The van der Waals surface area contributed by atoms with Crippen molar-refractivity contribution in [1.82, 2.24) is 20.2 Å². The standard InChI is InChI=1S/C16H16F2N4O4/c1-3-25-12(23)8-21(2)22-7-10-5-4-9(6-11(10)16(22)24)14-19-20-15(26-14)13(17)18/h4-6,13H,3,7-8H2,1-2H3. The highest BCUT2D eigenvalue weighted by atomic mass is 19.3. The molecule has 1 aliphatic rings. The van der Waals surface area contributed by atoms with Crippen molar-refractivity contribution in [3.63, 3.8) is 0 Å². The van der Waals surface area contributed by atoms with Gasteiger partial charge in [-0.1, -0.05) is 6.07 Å². The van der Waals surface area contributed by atoms with Crippen LogP contribution in [0.4, 0.5) is 8.78 Å². The Morgan fingerprint density at radius 2 is 2.19 bits per heavy atom. The van der Waals surface area contributed by atoms with Crippen LogP contribution in [0.15, 0.2) is 22.6 Å². The van der Waals surface area contributed by atoms with E-state index in [1.165, 1.54) is 16.1 Å². The molecule has 1 aromatic heterocycles. The molecule has 0 fully saturated rings. The topological polar surface area (TPSA) is 88.8 Å². The van der Waals surface area contributed by atoms with Gasteiger partial charge in [-0.15, -0.1) is 10.2 Å². The Balaban J connectivity index is 1.79. The molecule has 0 aliphatic carbocycles. The number of hydrazine groups is 1. The number of alkyl halides is 2. The number of hydrogen-bond acceptors (Lipinski definition) is 7. The fraction of sp³-hybridized carbons (Fsp3) is 0.375. The average molecular weight is 366 g/mol. The maximum atomic E-state index is 12.6. The predicted octanol–water partition coefficient (Wildman–Crippen LogP) is 2.04. The lowest BCUT2D eigenvalue weighted by molar-refractivity contribution is -0.147. The molecule has 26 heavy (non-hydrogen) atoms. The van der Waals surface area contributed by atoms with Crippen LogP contribution in [0.2, 0.25) is 0 Å². The zero-order valence-corrected chi connectivity index (χ0v) is 14.1. The summed E-state index contributed by atoms with van der Waals surface area (Å²) in [6, 6.07) is 4.81. The molecule has 0 radical (unpaired) electrons. The highest BCUT2D eigenvalue weighted by Gasteiger charge is 2.32. The van der Waals surface area contributed by atoms with Crippen LogP contribution in [0, 0.1) is 0 Å². The van der Waals surface area contributed by atoms with E-state index in [4.69, 9.17) is 9.15 Å². The van der Waals surface area contributed by atoms with Crippen LogP contribution in [0.5, 0.6) is 0 Å². The number of hydrogen-bond donors (Lipinski definition) is 0.